The second kappa shape index (κ2) is 4.49. The van der Waals surface area contributed by atoms with Crippen LogP contribution in [0.5, 0.6) is 0 Å². The molecule has 0 spiro atoms. The van der Waals surface area contributed by atoms with Gasteiger partial charge in [-0.2, -0.15) is 0 Å². The van der Waals surface area contributed by atoms with E-state index in [1.807, 2.05) is 37.3 Å². The van der Waals surface area contributed by atoms with Crippen molar-refractivity contribution in [3.05, 3.63) is 71.4 Å². The first-order valence-electron chi connectivity index (χ1n) is 7.01. The van der Waals surface area contributed by atoms with E-state index < -0.39 is 0 Å². The van der Waals surface area contributed by atoms with Gasteiger partial charge in [0.15, 0.2) is 0 Å². The van der Waals surface area contributed by atoms with Crippen LogP contribution in [-0.4, -0.2) is 16.8 Å². The highest BCUT2D eigenvalue weighted by Gasteiger charge is 2.34. The predicted molar refractivity (Wildman–Crippen MR) is 84.1 cm³/mol. The number of carbonyl (C=O) groups excluding carboxylic acids is 2. The highest BCUT2D eigenvalue weighted by atomic mass is 16.2. The number of aromatic nitrogens is 1. The average Bonchev–Trinajstić information content (AvgIpc) is 2.53. The molecule has 0 fully saturated rings. The molecule has 2 aromatic carbocycles. The van der Waals surface area contributed by atoms with Crippen LogP contribution in [0.3, 0.4) is 0 Å². The Hall–Kier alpha value is -3.01. The first-order valence-corrected chi connectivity index (χ1v) is 7.01. The number of nitrogens with zero attached hydrogens (tertiary/aromatic N) is 2. The molecule has 0 aliphatic carbocycles. The van der Waals surface area contributed by atoms with E-state index in [0.29, 0.717) is 16.9 Å². The zero-order chi connectivity index (χ0) is 15.3. The summed E-state index contributed by atoms with van der Waals surface area (Å²) in [6, 6.07) is 16.3. The Labute approximate surface area is 127 Å². The lowest BCUT2D eigenvalue weighted by Gasteiger charge is -2.26. The largest absolute Gasteiger partial charge is 0.268 e. The molecule has 0 bridgehead atoms. The zero-order valence-corrected chi connectivity index (χ0v) is 11.9. The molecule has 2 amide bonds. The monoisotopic (exact) mass is 288 g/mol. The fourth-order valence-electron chi connectivity index (χ4n) is 2.89. The molecule has 22 heavy (non-hydrogen) atoms. The molecule has 106 valence electrons. The third-order valence-electron chi connectivity index (χ3n) is 3.87. The molecule has 0 atom stereocenters. The summed E-state index contributed by atoms with van der Waals surface area (Å²) in [4.78, 5) is 31.1. The normalized spacial score (nSPS) is 13.8. The van der Waals surface area contributed by atoms with Crippen molar-refractivity contribution < 1.29 is 9.59 Å². The molecular weight excluding hydrogens is 276 g/mol. The predicted octanol–water partition coefficient (Wildman–Crippen LogP) is 3.34. The average molecular weight is 288 g/mol. The molecular formula is C18H12N2O2. The third kappa shape index (κ3) is 1.67. The van der Waals surface area contributed by atoms with Gasteiger partial charge in [-0.15, -0.1) is 0 Å². The Morgan fingerprint density at radius 1 is 0.818 bits per heavy atom. The van der Waals surface area contributed by atoms with E-state index in [4.69, 9.17) is 0 Å². The number of pyridine rings is 1. The summed E-state index contributed by atoms with van der Waals surface area (Å²) in [5.41, 5.74) is 1.84. The molecule has 0 saturated carbocycles. The summed E-state index contributed by atoms with van der Waals surface area (Å²) in [7, 11) is 0. The van der Waals surface area contributed by atoms with Crippen molar-refractivity contribution in [2.75, 3.05) is 4.90 Å². The first kappa shape index (κ1) is 12.7. The lowest BCUT2D eigenvalue weighted by atomic mass is 9.94. The van der Waals surface area contributed by atoms with Crippen LogP contribution in [0, 0.1) is 6.92 Å². The second-order valence-corrected chi connectivity index (χ2v) is 5.29. The number of benzene rings is 2. The van der Waals surface area contributed by atoms with Gasteiger partial charge in [-0.3, -0.25) is 9.59 Å². The van der Waals surface area contributed by atoms with E-state index >= 15 is 0 Å². The van der Waals surface area contributed by atoms with Crippen molar-refractivity contribution in [3.63, 3.8) is 0 Å². The van der Waals surface area contributed by atoms with Gasteiger partial charge in [-0.05, 0) is 36.6 Å². The molecule has 3 aromatic rings. The van der Waals surface area contributed by atoms with Gasteiger partial charge >= 0.3 is 0 Å². The Morgan fingerprint density at radius 3 is 2.00 bits per heavy atom. The van der Waals surface area contributed by atoms with Gasteiger partial charge in [0.25, 0.3) is 11.8 Å². The Kier molecular flexibility index (Phi) is 2.60. The van der Waals surface area contributed by atoms with Gasteiger partial charge in [-0.25, -0.2) is 9.88 Å². The minimum absolute atomic E-state index is 0.326. The van der Waals surface area contributed by atoms with Gasteiger partial charge in [0.2, 0.25) is 0 Å². The van der Waals surface area contributed by atoms with E-state index in [0.717, 1.165) is 21.4 Å². The Bertz CT molecular complexity index is 896. The number of hydrogen-bond donors (Lipinski definition) is 0. The quantitative estimate of drug-likeness (QED) is 0.645. The minimum atomic E-state index is -0.326. The summed E-state index contributed by atoms with van der Waals surface area (Å²) in [5, 5.41) is 1.62. The fourth-order valence-corrected chi connectivity index (χ4v) is 2.89. The zero-order valence-electron chi connectivity index (χ0n) is 11.9. The van der Waals surface area contributed by atoms with Crippen LogP contribution < -0.4 is 4.90 Å². The van der Waals surface area contributed by atoms with E-state index in [9.17, 15) is 9.59 Å². The first-order chi connectivity index (χ1) is 10.7. The standard InChI is InChI=1S/C18H12N2O2/c1-11-5-2-10-15(19-11)20-17(21)13-8-3-6-12-7-4-9-14(16(12)13)18(20)22/h2-10H,1H3. The molecule has 0 saturated heterocycles. The molecule has 4 rings (SSSR count). The third-order valence-corrected chi connectivity index (χ3v) is 3.87. The molecule has 1 aromatic heterocycles. The number of hydrogen-bond acceptors (Lipinski definition) is 3. The highest BCUT2D eigenvalue weighted by Crippen LogP contribution is 2.31. The van der Waals surface area contributed by atoms with E-state index in [1.165, 1.54) is 0 Å². The number of carbonyl (C=O) groups is 2. The second-order valence-electron chi connectivity index (χ2n) is 5.29. The van der Waals surface area contributed by atoms with Crippen molar-refractivity contribution in [1.29, 1.82) is 0 Å². The number of amides is 2. The van der Waals surface area contributed by atoms with Crippen molar-refractivity contribution in [2.45, 2.75) is 6.92 Å². The van der Waals surface area contributed by atoms with Crippen LogP contribution in [0.25, 0.3) is 10.8 Å². The van der Waals surface area contributed by atoms with Gasteiger partial charge < -0.3 is 0 Å². The van der Waals surface area contributed by atoms with E-state index in [-0.39, 0.29) is 11.8 Å². The van der Waals surface area contributed by atoms with Gasteiger partial charge in [0.05, 0.1) is 0 Å². The van der Waals surface area contributed by atoms with Crippen LogP contribution in [0.4, 0.5) is 5.82 Å². The lowest BCUT2D eigenvalue weighted by Crippen LogP contribution is -2.41. The van der Waals surface area contributed by atoms with Crippen molar-refractivity contribution in [3.8, 4) is 0 Å². The molecule has 0 radical (unpaired) electrons. The van der Waals surface area contributed by atoms with E-state index in [2.05, 4.69) is 4.98 Å². The van der Waals surface area contributed by atoms with Gasteiger partial charge in [-0.1, -0.05) is 30.3 Å². The molecule has 4 heteroatoms. The van der Waals surface area contributed by atoms with Crippen LogP contribution in [-0.2, 0) is 0 Å². The summed E-state index contributed by atoms with van der Waals surface area (Å²) in [5.74, 6) is -0.290. The minimum Gasteiger partial charge on any atom is -0.268 e. The number of rotatable bonds is 1. The van der Waals surface area contributed by atoms with Gasteiger partial charge in [0, 0.05) is 22.2 Å². The van der Waals surface area contributed by atoms with Crippen LogP contribution in [0.1, 0.15) is 26.4 Å². The van der Waals surface area contributed by atoms with Gasteiger partial charge in [0.1, 0.15) is 5.82 Å². The maximum absolute atomic E-state index is 12.8. The fraction of sp³-hybridized carbons (Fsp3) is 0.0556. The lowest BCUT2D eigenvalue weighted by molar-refractivity contribution is 0.0892. The number of anilines is 1. The summed E-state index contributed by atoms with van der Waals surface area (Å²) in [6.07, 6.45) is 0. The van der Waals surface area contributed by atoms with Crippen LogP contribution in [0.15, 0.2) is 54.6 Å². The Morgan fingerprint density at radius 2 is 1.41 bits per heavy atom. The molecule has 0 unspecified atom stereocenters. The smallest absolute Gasteiger partial charge is 0.267 e. The maximum Gasteiger partial charge on any atom is 0.267 e. The molecule has 4 nitrogen and oxygen atoms in total. The number of aryl methyl sites for hydroxylation is 1. The summed E-state index contributed by atoms with van der Waals surface area (Å²) >= 11 is 0. The SMILES string of the molecule is Cc1cccc(N2C(=O)c3cccc4cccc(c34)C2=O)n1. The van der Waals surface area contributed by atoms with E-state index in [1.54, 1.807) is 24.3 Å². The molecule has 2 heterocycles. The number of imide groups is 1. The summed E-state index contributed by atoms with van der Waals surface area (Å²) < 4.78 is 0. The topological polar surface area (TPSA) is 50.3 Å². The Balaban J connectivity index is 2.00. The highest BCUT2D eigenvalue weighted by molar-refractivity contribution is 6.35. The maximum atomic E-state index is 12.8. The summed E-state index contributed by atoms with van der Waals surface area (Å²) in [6.45, 7) is 1.83. The molecule has 0 N–H and O–H groups in total. The van der Waals surface area contributed by atoms with Crippen molar-refractivity contribution >= 4 is 28.4 Å². The van der Waals surface area contributed by atoms with Crippen LogP contribution >= 0.6 is 0 Å². The molecule has 1 aliphatic rings. The van der Waals surface area contributed by atoms with Crippen LogP contribution in [0.2, 0.25) is 0 Å². The van der Waals surface area contributed by atoms with Crippen molar-refractivity contribution in [1.82, 2.24) is 4.98 Å². The molecule has 1 aliphatic heterocycles. The van der Waals surface area contributed by atoms with Crippen molar-refractivity contribution in [2.24, 2.45) is 0 Å².